The zero-order chi connectivity index (χ0) is 71.7. The molecule has 0 aliphatic rings. The SMILES string of the molecule is Cc1c(NC(=O)c2cccc(OCC(=O)NCCNC(=O)COc3cccc(C(=O)Nc4c(C)c(C(=O)c5ccc(NC(=O)C(F)(F)F)c(C(=O)[O-])c5Cc5ccccc5)n5ccccc45)c3)c2)c2ccccn2c1C(=O)c1ccc(NC(=O)C(F)(F)F)c(C(=O)[O-])c1Cc1ccccc1. The number of pyridine rings is 2. The monoisotopic (exact) mass is 1370 g/mol. The summed E-state index contributed by atoms with van der Waals surface area (Å²) >= 11 is 0. The summed E-state index contributed by atoms with van der Waals surface area (Å²) in [5.41, 5.74) is -1.86. The predicted molar refractivity (Wildman–Crippen MR) is 346 cm³/mol. The summed E-state index contributed by atoms with van der Waals surface area (Å²) in [6.07, 6.45) is -8.32. The Balaban J connectivity index is 0.738. The lowest BCUT2D eigenvalue weighted by molar-refractivity contribution is -0.256. The van der Waals surface area contributed by atoms with Crippen LogP contribution in [0.1, 0.15) is 107 Å². The van der Waals surface area contributed by atoms with Crippen LogP contribution in [0.4, 0.5) is 49.1 Å². The average Bonchev–Trinajstić information content (AvgIpc) is 1.56. The van der Waals surface area contributed by atoms with Crippen LogP contribution in [-0.2, 0) is 32.0 Å². The van der Waals surface area contributed by atoms with Gasteiger partial charge in [0.2, 0.25) is 11.6 Å². The van der Waals surface area contributed by atoms with Gasteiger partial charge in [-0.05, 0) is 134 Å². The number of hydrogen-bond acceptors (Lipinski definition) is 14. The van der Waals surface area contributed by atoms with Crippen molar-refractivity contribution in [2.24, 2.45) is 0 Å². The maximum atomic E-state index is 14.8. The number of rotatable bonds is 25. The first kappa shape index (κ1) is 69.9. The summed E-state index contributed by atoms with van der Waals surface area (Å²) in [7, 11) is 0. The van der Waals surface area contributed by atoms with Gasteiger partial charge in [0.05, 0.1) is 57.1 Å². The zero-order valence-corrected chi connectivity index (χ0v) is 52.4. The fraction of sp³-hybridized carbons (Fsp3) is 0.139. The third kappa shape index (κ3) is 15.7. The molecule has 0 bridgehead atoms. The van der Waals surface area contributed by atoms with Crippen molar-refractivity contribution in [2.45, 2.75) is 39.0 Å². The number of alkyl halides is 6. The maximum Gasteiger partial charge on any atom is 0.471 e. The maximum absolute atomic E-state index is 14.8. The molecule has 4 heterocycles. The standard InChI is InChI=1S/C72H56F6N8O14/c1-39-59(53-23-9-11-31-85(53)61(39)63(89)47-25-27-51(81-69(97)71(73,74)75)57(67(93)94)49(47)33-41-15-5-3-6-16-41)83-65(91)43-19-13-21-45(35-43)99-37-55(87)79-29-30-80-56(88)38-100-46-22-14-20-44(36-46)66(92)84-60-40(2)62(86-32-12-10-24-54(60)86)64(90)48-26-28-52(82-70(98)72(76,77)78)58(68(95)96)50(48)34-42-17-7-4-8-18-42/h3-28,31-32,35-36H,29-30,33-34,37-38H2,1-2H3,(H,79,87)(H,80,88)(H,81,97)(H,82,98)(H,83,91)(H,84,92)(H,93,94)(H,95,96)/p-2. The Morgan fingerprint density at radius 2 is 0.810 bits per heavy atom. The van der Waals surface area contributed by atoms with Crippen molar-refractivity contribution in [1.82, 2.24) is 19.4 Å². The van der Waals surface area contributed by atoms with Gasteiger partial charge in [-0.2, -0.15) is 26.3 Å². The molecule has 0 aliphatic heterocycles. The Morgan fingerprint density at radius 3 is 1.17 bits per heavy atom. The number of fused-ring (bicyclic) bond motifs is 2. The molecule has 10 aromatic rings. The Hall–Kier alpha value is -12.9. The average molecular weight is 1370 g/mol. The van der Waals surface area contributed by atoms with Crippen LogP contribution in [-0.4, -0.2) is 106 Å². The van der Waals surface area contributed by atoms with Gasteiger partial charge in [0.25, 0.3) is 23.6 Å². The first-order valence-corrected chi connectivity index (χ1v) is 30.2. The van der Waals surface area contributed by atoms with Crippen molar-refractivity contribution in [3.8, 4) is 11.5 Å². The van der Waals surface area contributed by atoms with Crippen LogP contribution in [0.25, 0.3) is 11.0 Å². The van der Waals surface area contributed by atoms with E-state index >= 15 is 0 Å². The highest BCUT2D eigenvalue weighted by molar-refractivity contribution is 6.18. The Labute approximate surface area is 562 Å². The van der Waals surface area contributed by atoms with Gasteiger partial charge in [0.15, 0.2) is 13.2 Å². The first-order valence-electron chi connectivity index (χ1n) is 30.2. The van der Waals surface area contributed by atoms with E-state index in [-0.39, 0.29) is 105 Å². The third-order valence-electron chi connectivity index (χ3n) is 15.8. The van der Waals surface area contributed by atoms with E-state index in [0.29, 0.717) is 22.2 Å². The molecule has 10 rings (SSSR count). The number of ketones is 2. The van der Waals surface area contributed by atoms with Crippen molar-refractivity contribution in [1.29, 1.82) is 0 Å². The topological polar surface area (TPSA) is 316 Å². The molecule has 22 nitrogen and oxygen atoms in total. The number of nitrogens with zero attached hydrogens (tertiary/aromatic N) is 2. The minimum atomic E-state index is -5.39. The summed E-state index contributed by atoms with van der Waals surface area (Å²) in [6, 6.07) is 41.4. The lowest BCUT2D eigenvalue weighted by Crippen LogP contribution is -2.38. The van der Waals surface area contributed by atoms with Crippen molar-refractivity contribution in [3.63, 3.8) is 0 Å². The van der Waals surface area contributed by atoms with E-state index in [4.69, 9.17) is 9.47 Å². The van der Waals surface area contributed by atoms with E-state index in [1.807, 2.05) is 0 Å². The first-order chi connectivity index (χ1) is 47.7. The van der Waals surface area contributed by atoms with Gasteiger partial charge < -0.3 is 70.0 Å². The van der Waals surface area contributed by atoms with Crippen LogP contribution >= 0.6 is 0 Å². The number of amides is 6. The summed E-state index contributed by atoms with van der Waals surface area (Å²) in [6.45, 7) is 1.87. The molecule has 4 aromatic heterocycles. The molecule has 0 saturated heterocycles. The Bertz CT molecular complexity index is 4630. The number of halogens is 6. The summed E-state index contributed by atoms with van der Waals surface area (Å²) < 4.78 is 94.5. The molecule has 6 amide bonds. The van der Waals surface area contributed by atoms with Crippen LogP contribution in [0.2, 0.25) is 0 Å². The number of carboxylic acids is 2. The van der Waals surface area contributed by atoms with E-state index < -0.39 is 107 Å². The largest absolute Gasteiger partial charge is 0.545 e. The molecule has 0 spiro atoms. The molecule has 0 saturated carbocycles. The molecular weight excluding hydrogens is 1310 g/mol. The van der Waals surface area contributed by atoms with E-state index in [1.165, 1.54) is 83.6 Å². The summed E-state index contributed by atoms with van der Waals surface area (Å²) in [4.78, 5) is 133. The molecule has 0 fully saturated rings. The van der Waals surface area contributed by atoms with E-state index in [9.17, 15) is 84.5 Å². The normalized spacial score (nSPS) is 11.3. The fourth-order valence-electron chi connectivity index (χ4n) is 11.2. The number of ether oxygens (including phenoxy) is 2. The van der Waals surface area contributed by atoms with E-state index in [2.05, 4.69) is 21.3 Å². The smallest absolute Gasteiger partial charge is 0.471 e. The third-order valence-corrected chi connectivity index (χ3v) is 15.8. The second-order valence-corrected chi connectivity index (χ2v) is 22.3. The number of nitrogens with one attached hydrogen (secondary N) is 6. The van der Waals surface area contributed by atoms with Crippen LogP contribution in [0.3, 0.4) is 0 Å². The Kier molecular flexibility index (Phi) is 20.7. The zero-order valence-electron chi connectivity index (χ0n) is 52.4. The van der Waals surface area contributed by atoms with E-state index in [1.54, 1.807) is 108 Å². The molecule has 100 heavy (non-hydrogen) atoms. The van der Waals surface area contributed by atoms with Crippen LogP contribution in [0, 0.1) is 13.8 Å². The highest BCUT2D eigenvalue weighted by atomic mass is 19.4. The lowest BCUT2D eigenvalue weighted by atomic mass is 9.90. The Morgan fingerprint density at radius 1 is 0.440 bits per heavy atom. The quantitative estimate of drug-likeness (QED) is 0.0178. The molecule has 6 N–H and O–H groups in total. The van der Waals surface area contributed by atoms with Crippen molar-refractivity contribution >= 4 is 92.7 Å². The number of anilines is 4. The number of hydrogen-bond donors (Lipinski definition) is 6. The molecule has 0 atom stereocenters. The molecule has 6 aromatic carbocycles. The molecule has 510 valence electrons. The predicted octanol–water partition coefficient (Wildman–Crippen LogP) is 8.38. The minimum Gasteiger partial charge on any atom is -0.545 e. The van der Waals surface area contributed by atoms with Gasteiger partial charge in [-0.15, -0.1) is 0 Å². The second kappa shape index (κ2) is 29.6. The van der Waals surface area contributed by atoms with Gasteiger partial charge >= 0.3 is 24.2 Å². The number of aromatic nitrogens is 2. The van der Waals surface area contributed by atoms with Crippen molar-refractivity contribution < 1.29 is 94.0 Å². The van der Waals surface area contributed by atoms with Gasteiger partial charge in [0, 0.05) is 70.0 Å². The van der Waals surface area contributed by atoms with Gasteiger partial charge in [-0.3, -0.25) is 38.4 Å². The van der Waals surface area contributed by atoms with Gasteiger partial charge in [-0.1, -0.05) is 84.9 Å². The van der Waals surface area contributed by atoms with Crippen LogP contribution < -0.4 is 51.6 Å². The number of carboxylic acid groups (broad SMARTS) is 2. The number of aromatic carboxylic acids is 2. The van der Waals surface area contributed by atoms with Gasteiger partial charge in [0.1, 0.15) is 11.5 Å². The fourth-order valence-corrected chi connectivity index (χ4v) is 11.2. The number of carbonyl (C=O) groups excluding carboxylic acids is 10. The highest BCUT2D eigenvalue weighted by Gasteiger charge is 2.41. The minimum absolute atomic E-state index is 0.0492. The lowest BCUT2D eigenvalue weighted by Gasteiger charge is -2.20. The van der Waals surface area contributed by atoms with E-state index in [0.717, 1.165) is 24.3 Å². The van der Waals surface area contributed by atoms with Crippen LogP contribution in [0.15, 0.2) is 182 Å². The van der Waals surface area contributed by atoms with Gasteiger partial charge in [-0.25, -0.2) is 0 Å². The molecule has 0 aliphatic carbocycles. The molecule has 0 unspecified atom stereocenters. The molecule has 0 radical (unpaired) electrons. The molecular formula is C72H54F6N8O14-2. The number of benzene rings is 6. The number of carbonyl (C=O) groups is 10. The van der Waals surface area contributed by atoms with Crippen LogP contribution in [0.5, 0.6) is 11.5 Å². The summed E-state index contributed by atoms with van der Waals surface area (Å²) in [5, 5.41) is 39.4. The highest BCUT2D eigenvalue weighted by Crippen LogP contribution is 2.37. The summed E-state index contributed by atoms with van der Waals surface area (Å²) in [5.74, 6) is -12.8. The van der Waals surface area contributed by atoms with Crippen molar-refractivity contribution in [2.75, 3.05) is 47.6 Å². The molecule has 28 heteroatoms. The second-order valence-electron chi connectivity index (χ2n) is 22.3. The van der Waals surface area contributed by atoms with Crippen molar-refractivity contribution in [3.05, 3.63) is 260 Å².